The minimum Gasteiger partial charge on any atom is -0.368 e. The van der Waals surface area contributed by atoms with Crippen molar-refractivity contribution in [2.45, 2.75) is 0 Å². The van der Waals surface area contributed by atoms with E-state index in [9.17, 15) is 10.1 Å². The highest BCUT2D eigenvalue weighted by atomic mass is 16.6. The van der Waals surface area contributed by atoms with E-state index in [-0.39, 0.29) is 17.5 Å². The number of nitro groups is 1. The maximum absolute atomic E-state index is 10.8. The van der Waals surface area contributed by atoms with Gasteiger partial charge in [0.05, 0.1) is 16.8 Å². The summed E-state index contributed by atoms with van der Waals surface area (Å²) >= 11 is 0. The van der Waals surface area contributed by atoms with Gasteiger partial charge in [-0.3, -0.25) is 14.8 Å². The monoisotopic (exact) mass is 235 g/mol. The molecule has 0 radical (unpaired) electrons. The van der Waals surface area contributed by atoms with Crippen molar-refractivity contribution in [3.8, 4) is 0 Å². The van der Waals surface area contributed by atoms with Gasteiger partial charge < -0.3 is 11.1 Å². The first-order valence-corrected chi connectivity index (χ1v) is 4.59. The van der Waals surface area contributed by atoms with Gasteiger partial charge in [0.15, 0.2) is 0 Å². The Morgan fingerprint density at radius 1 is 1.53 bits per heavy atom. The molecule has 3 N–H and O–H groups in total. The number of nitrogen functional groups attached to an aromatic ring is 1. The zero-order valence-corrected chi connectivity index (χ0v) is 8.86. The van der Waals surface area contributed by atoms with Crippen LogP contribution in [0, 0.1) is 10.1 Å². The van der Waals surface area contributed by atoms with Crippen LogP contribution in [0.2, 0.25) is 0 Å². The summed E-state index contributed by atoms with van der Waals surface area (Å²) in [6.45, 7) is 0. The smallest absolute Gasteiger partial charge is 0.329 e. The third-order valence-corrected chi connectivity index (χ3v) is 1.95. The number of nitrogens with one attached hydrogen (secondary N) is 1. The Hall–Kier alpha value is -2.71. The Labute approximate surface area is 95.4 Å². The molecule has 0 aliphatic heterocycles. The topological polar surface area (TPSA) is 125 Å². The number of nitrogens with two attached hydrogens (primary N) is 1. The number of hydrogen-bond donors (Lipinski definition) is 2. The van der Waals surface area contributed by atoms with Gasteiger partial charge >= 0.3 is 5.69 Å². The first kappa shape index (κ1) is 10.8. The largest absolute Gasteiger partial charge is 0.368 e. The first-order chi connectivity index (χ1) is 8.06. The second-order valence-electron chi connectivity index (χ2n) is 3.25. The molecule has 9 nitrogen and oxygen atoms in total. The second kappa shape index (κ2) is 4.04. The lowest BCUT2D eigenvalue weighted by molar-refractivity contribution is -0.384. The quantitative estimate of drug-likeness (QED) is 0.584. The zero-order chi connectivity index (χ0) is 12.4. The molecule has 9 heteroatoms. The standard InChI is InChI=1S/C8H9N7O2/c1-14-4-5(2-11-14)12-7-6(15(16)17)3-10-8(9)13-7/h2-4H,1H3,(H3,9,10,12,13). The summed E-state index contributed by atoms with van der Waals surface area (Å²) in [4.78, 5) is 17.5. The fraction of sp³-hybridized carbons (Fsp3) is 0.125. The van der Waals surface area contributed by atoms with Crippen molar-refractivity contribution in [3.05, 3.63) is 28.7 Å². The van der Waals surface area contributed by atoms with Crippen LogP contribution in [0.4, 0.5) is 23.1 Å². The lowest BCUT2D eigenvalue weighted by Gasteiger charge is -2.03. The van der Waals surface area contributed by atoms with Gasteiger partial charge in [-0.15, -0.1) is 0 Å². The van der Waals surface area contributed by atoms with Crippen LogP contribution in [0.3, 0.4) is 0 Å². The van der Waals surface area contributed by atoms with E-state index in [2.05, 4.69) is 20.4 Å². The van der Waals surface area contributed by atoms with Gasteiger partial charge in [-0.25, -0.2) is 4.98 Å². The van der Waals surface area contributed by atoms with Crippen LogP contribution >= 0.6 is 0 Å². The summed E-state index contributed by atoms with van der Waals surface area (Å²) in [5, 5.41) is 17.4. The fourth-order valence-corrected chi connectivity index (χ4v) is 1.24. The summed E-state index contributed by atoms with van der Waals surface area (Å²) in [5.41, 5.74) is 5.71. The van der Waals surface area contributed by atoms with E-state index in [4.69, 9.17) is 5.73 Å². The molecule has 0 unspecified atom stereocenters. The van der Waals surface area contributed by atoms with Gasteiger partial charge in [-0.05, 0) is 0 Å². The van der Waals surface area contributed by atoms with Crippen molar-refractivity contribution in [3.63, 3.8) is 0 Å². The van der Waals surface area contributed by atoms with Crippen molar-refractivity contribution in [1.29, 1.82) is 0 Å². The van der Waals surface area contributed by atoms with E-state index in [0.29, 0.717) is 5.69 Å². The summed E-state index contributed by atoms with van der Waals surface area (Å²) in [6, 6.07) is 0. The predicted octanol–water partition coefficient (Wildman–Crippen LogP) is 0.444. The van der Waals surface area contributed by atoms with Gasteiger partial charge in [0.1, 0.15) is 6.20 Å². The molecule has 0 aromatic carbocycles. The van der Waals surface area contributed by atoms with Crippen LogP contribution in [0.25, 0.3) is 0 Å². The normalized spacial score (nSPS) is 10.2. The summed E-state index contributed by atoms with van der Waals surface area (Å²) in [7, 11) is 1.73. The SMILES string of the molecule is Cn1cc(Nc2nc(N)ncc2[N+](=O)[O-])cn1. The van der Waals surface area contributed by atoms with Crippen molar-refractivity contribution in [1.82, 2.24) is 19.7 Å². The highest BCUT2D eigenvalue weighted by Gasteiger charge is 2.17. The van der Waals surface area contributed by atoms with Crippen LogP contribution in [0.1, 0.15) is 0 Å². The number of hydrogen-bond acceptors (Lipinski definition) is 7. The third kappa shape index (κ3) is 2.27. The second-order valence-corrected chi connectivity index (χ2v) is 3.25. The maximum atomic E-state index is 10.8. The molecular formula is C8H9N7O2. The lowest BCUT2D eigenvalue weighted by Crippen LogP contribution is -2.03. The van der Waals surface area contributed by atoms with Gasteiger partial charge in [0.2, 0.25) is 11.8 Å². The molecule has 2 heterocycles. The molecule has 0 aliphatic rings. The Bertz CT molecular complexity index is 565. The molecule has 0 bridgehead atoms. The number of aromatic nitrogens is 4. The Morgan fingerprint density at radius 3 is 2.88 bits per heavy atom. The predicted molar refractivity (Wildman–Crippen MR) is 59.6 cm³/mol. The van der Waals surface area contributed by atoms with Gasteiger partial charge in [0, 0.05) is 13.2 Å². The van der Waals surface area contributed by atoms with E-state index >= 15 is 0 Å². The lowest BCUT2D eigenvalue weighted by atomic mass is 10.4. The highest BCUT2D eigenvalue weighted by molar-refractivity contribution is 5.64. The molecule has 17 heavy (non-hydrogen) atoms. The summed E-state index contributed by atoms with van der Waals surface area (Å²) < 4.78 is 1.55. The van der Waals surface area contributed by atoms with E-state index in [1.807, 2.05) is 0 Å². The Balaban J connectivity index is 2.37. The van der Waals surface area contributed by atoms with Crippen molar-refractivity contribution < 1.29 is 4.92 Å². The molecule has 88 valence electrons. The average Bonchev–Trinajstić information content (AvgIpc) is 2.63. The van der Waals surface area contributed by atoms with Crippen LogP contribution in [0.15, 0.2) is 18.6 Å². The number of aryl methyl sites for hydroxylation is 1. The average molecular weight is 235 g/mol. The number of rotatable bonds is 3. The molecule has 2 aromatic rings. The molecule has 0 spiro atoms. The maximum Gasteiger partial charge on any atom is 0.329 e. The van der Waals surface area contributed by atoms with Crippen LogP contribution in [-0.4, -0.2) is 24.7 Å². The van der Waals surface area contributed by atoms with Crippen LogP contribution < -0.4 is 11.1 Å². The Morgan fingerprint density at radius 2 is 2.29 bits per heavy atom. The van der Waals surface area contributed by atoms with Crippen molar-refractivity contribution in [2.75, 3.05) is 11.1 Å². The van der Waals surface area contributed by atoms with E-state index < -0.39 is 4.92 Å². The minimum atomic E-state index is -0.585. The summed E-state index contributed by atoms with van der Waals surface area (Å²) in [6.07, 6.45) is 4.23. The molecule has 0 amide bonds. The molecule has 0 fully saturated rings. The van der Waals surface area contributed by atoms with Crippen LogP contribution in [-0.2, 0) is 7.05 Å². The first-order valence-electron chi connectivity index (χ1n) is 4.59. The van der Waals surface area contributed by atoms with E-state index in [1.165, 1.54) is 6.20 Å². The molecule has 0 saturated carbocycles. The third-order valence-electron chi connectivity index (χ3n) is 1.95. The van der Waals surface area contributed by atoms with Crippen molar-refractivity contribution >= 4 is 23.1 Å². The van der Waals surface area contributed by atoms with Gasteiger partial charge in [0.25, 0.3) is 0 Å². The number of nitrogens with zero attached hydrogens (tertiary/aromatic N) is 5. The zero-order valence-electron chi connectivity index (χ0n) is 8.86. The minimum absolute atomic E-state index is 0.0375. The van der Waals surface area contributed by atoms with E-state index in [0.717, 1.165) is 6.20 Å². The molecule has 0 atom stereocenters. The van der Waals surface area contributed by atoms with Gasteiger partial charge in [-0.2, -0.15) is 10.1 Å². The fourth-order valence-electron chi connectivity index (χ4n) is 1.24. The van der Waals surface area contributed by atoms with Crippen molar-refractivity contribution in [2.24, 2.45) is 7.05 Å². The molecule has 0 saturated heterocycles. The molecular weight excluding hydrogens is 226 g/mol. The molecule has 2 rings (SSSR count). The van der Waals surface area contributed by atoms with E-state index in [1.54, 1.807) is 17.9 Å². The highest BCUT2D eigenvalue weighted by Crippen LogP contribution is 2.24. The van der Waals surface area contributed by atoms with Gasteiger partial charge in [-0.1, -0.05) is 0 Å². The van der Waals surface area contributed by atoms with Crippen LogP contribution in [0.5, 0.6) is 0 Å². The summed E-state index contributed by atoms with van der Waals surface area (Å²) in [5.74, 6) is -0.00232. The number of anilines is 3. The molecule has 2 aromatic heterocycles. The Kier molecular flexibility index (Phi) is 2.57. The molecule has 0 aliphatic carbocycles.